The van der Waals surface area contributed by atoms with Gasteiger partial charge in [-0.05, 0) is 31.0 Å². The van der Waals surface area contributed by atoms with Gasteiger partial charge in [0, 0.05) is 19.6 Å². The Labute approximate surface area is 113 Å². The number of ether oxygens (including phenoxy) is 1. The largest absolute Gasteiger partial charge is 0.508 e. The van der Waals surface area contributed by atoms with Gasteiger partial charge in [-0.3, -0.25) is 0 Å². The average Bonchev–Trinajstić information content (AvgIpc) is 2.67. The molecule has 0 aromatic rings. The molecule has 1 fully saturated rings. The molecule has 0 saturated carbocycles. The lowest BCUT2D eigenvalue weighted by Crippen LogP contribution is -2.38. The monoisotopic (exact) mass is 297 g/mol. The molecular weight excluding hydrogens is 271 g/mol. The normalized spacial score (nSPS) is 30.3. The van der Waals surface area contributed by atoms with Crippen LogP contribution < -0.4 is 0 Å². The molecule has 0 N–H and O–H groups in total. The molecule has 1 aliphatic rings. The Morgan fingerprint density at radius 3 is 2.89 bits per heavy atom. The molecule has 0 aromatic heterocycles. The molecule has 106 valence electrons. The highest BCUT2D eigenvalue weighted by Crippen LogP contribution is 2.33. The summed E-state index contributed by atoms with van der Waals surface area (Å²) < 4.78 is 41.0. The minimum Gasteiger partial charge on any atom is -0.398 e. The van der Waals surface area contributed by atoms with Gasteiger partial charge < -0.3 is 13.6 Å². The van der Waals surface area contributed by atoms with Crippen LogP contribution in [0.25, 0.3) is 0 Å². The third-order valence-electron chi connectivity index (χ3n) is 2.94. The van der Waals surface area contributed by atoms with E-state index in [0.717, 1.165) is 0 Å². The summed E-state index contributed by atoms with van der Waals surface area (Å²) in [4.78, 5) is 0. The highest BCUT2D eigenvalue weighted by atomic mass is 31.1. The zero-order valence-electron chi connectivity index (χ0n) is 12.5. The predicted octanol–water partition coefficient (Wildman–Crippen LogP) is 2.54. The maximum atomic E-state index is 11.7. The lowest BCUT2D eigenvalue weighted by Gasteiger charge is -2.23. The van der Waals surface area contributed by atoms with E-state index in [9.17, 15) is 4.57 Å². The van der Waals surface area contributed by atoms with Gasteiger partial charge in [0.15, 0.2) is 6.16 Å². The summed E-state index contributed by atoms with van der Waals surface area (Å²) in [5.74, 6) is 0.0549. The zero-order valence-corrected chi connectivity index (χ0v) is 13.4. The van der Waals surface area contributed by atoms with E-state index in [0.29, 0.717) is 25.8 Å². The fourth-order valence-corrected chi connectivity index (χ4v) is 3.51. The van der Waals surface area contributed by atoms with Gasteiger partial charge in [0.05, 0.1) is 20.7 Å². The second kappa shape index (κ2) is 7.67. The summed E-state index contributed by atoms with van der Waals surface area (Å²) in [5.41, 5.74) is 0. The molecular formula is C11H24O5PSi+. The molecule has 18 heavy (non-hydrogen) atoms. The fourth-order valence-electron chi connectivity index (χ4n) is 1.66. The van der Waals surface area contributed by atoms with Gasteiger partial charge in [-0.25, -0.2) is 0 Å². The van der Waals surface area contributed by atoms with Crippen molar-refractivity contribution >= 4 is 16.6 Å². The van der Waals surface area contributed by atoms with Crippen LogP contribution >= 0.6 is 8.03 Å². The Morgan fingerprint density at radius 2 is 2.28 bits per heavy atom. The van der Waals surface area contributed by atoms with Crippen molar-refractivity contribution in [1.82, 2.24) is 0 Å². The highest BCUT2D eigenvalue weighted by molar-refractivity contribution is 7.39. The highest BCUT2D eigenvalue weighted by Gasteiger charge is 2.37. The van der Waals surface area contributed by atoms with Crippen LogP contribution in [0.3, 0.4) is 0 Å². The molecule has 1 rings (SSSR count). The topological polar surface area (TPSA) is 54.0 Å². The quantitative estimate of drug-likeness (QED) is 0.509. The summed E-state index contributed by atoms with van der Waals surface area (Å²) in [6, 6.07) is 0. The summed E-state index contributed by atoms with van der Waals surface area (Å²) in [7, 11) is -2.13. The maximum absolute atomic E-state index is 11.7. The Morgan fingerprint density at radius 1 is 1.56 bits per heavy atom. The second-order valence-electron chi connectivity index (χ2n) is 4.69. The predicted molar refractivity (Wildman–Crippen MR) is 72.4 cm³/mol. The fraction of sp³-hybridized carbons (Fsp3) is 1.00. The Balaban J connectivity index is 2.47. The summed E-state index contributed by atoms with van der Waals surface area (Å²) >= 11 is 0. The molecule has 7 heteroatoms. The minimum absolute atomic E-state index is 0.0549. The first-order valence-corrected chi connectivity index (χ1v) is 10.4. The Hall–Kier alpha value is 0.157. The van der Waals surface area contributed by atoms with Crippen LogP contribution in [0.5, 0.6) is 0 Å². The van der Waals surface area contributed by atoms with Crippen molar-refractivity contribution in [1.29, 1.82) is 0 Å². The Kier molecular flexibility index (Phi) is 6.21. The lowest BCUT2D eigenvalue weighted by molar-refractivity contribution is 0.0392. The van der Waals surface area contributed by atoms with Crippen LogP contribution in [0.2, 0.25) is 13.1 Å². The van der Waals surface area contributed by atoms with E-state index in [1.165, 1.54) is 0 Å². The van der Waals surface area contributed by atoms with Gasteiger partial charge in [0.1, 0.15) is 0 Å². The number of hydrogen-bond donors (Lipinski definition) is 0. The second-order valence-corrected chi connectivity index (χ2v) is 9.47. The SMILES string of the molecule is [3H][C@@H]1C[C@H](C[P+](=O)OCC)[C@@H](CO[Si](C)(C)OC)O1. The molecule has 0 spiro atoms. The summed E-state index contributed by atoms with van der Waals surface area (Å²) in [5, 5.41) is 0. The smallest absolute Gasteiger partial charge is 0.398 e. The standard InChI is InChI=1S/C11H24O5PSi/c1-5-15-17(12)9-10-6-7-14-11(10)8-16-18(3,4)13-2/h10-11H,5-9H2,1-4H3/q+1/t10-,11-/m1/s1/i7T/t7-,10-,11-. The first-order valence-electron chi connectivity index (χ1n) is 6.80. The number of rotatable bonds is 8. The van der Waals surface area contributed by atoms with E-state index in [1.807, 2.05) is 20.0 Å². The van der Waals surface area contributed by atoms with E-state index in [2.05, 4.69) is 0 Å². The molecule has 0 radical (unpaired) electrons. The van der Waals surface area contributed by atoms with Gasteiger partial charge >= 0.3 is 16.6 Å². The van der Waals surface area contributed by atoms with Crippen LogP contribution in [0, 0.1) is 5.92 Å². The molecule has 0 bridgehead atoms. The van der Waals surface area contributed by atoms with Crippen molar-refractivity contribution in [3.63, 3.8) is 0 Å². The molecule has 1 heterocycles. The summed E-state index contributed by atoms with van der Waals surface area (Å²) in [6.07, 6.45) is 0.822. The van der Waals surface area contributed by atoms with Gasteiger partial charge in [-0.1, -0.05) is 0 Å². The molecule has 0 aliphatic carbocycles. The van der Waals surface area contributed by atoms with Crippen molar-refractivity contribution in [2.45, 2.75) is 32.5 Å². The number of hydrogen-bond acceptors (Lipinski definition) is 5. The van der Waals surface area contributed by atoms with Crippen molar-refractivity contribution < 1.29 is 24.0 Å². The average molecular weight is 297 g/mol. The first-order chi connectivity index (χ1) is 8.88. The van der Waals surface area contributed by atoms with Crippen LogP contribution in [-0.4, -0.2) is 47.7 Å². The van der Waals surface area contributed by atoms with Crippen molar-refractivity contribution in [3.8, 4) is 0 Å². The van der Waals surface area contributed by atoms with Crippen LogP contribution in [-0.2, 0) is 22.7 Å². The van der Waals surface area contributed by atoms with Gasteiger partial charge in [-0.15, -0.1) is 4.52 Å². The minimum atomic E-state index is -2.10. The summed E-state index contributed by atoms with van der Waals surface area (Å²) in [6.45, 7) is 6.00. The van der Waals surface area contributed by atoms with Crippen LogP contribution in [0.15, 0.2) is 0 Å². The maximum Gasteiger partial charge on any atom is 0.508 e. The first kappa shape index (κ1) is 14.6. The zero-order chi connectivity index (χ0) is 14.5. The molecule has 5 nitrogen and oxygen atoms in total. The van der Waals surface area contributed by atoms with Crippen LogP contribution in [0.1, 0.15) is 14.7 Å². The van der Waals surface area contributed by atoms with Gasteiger partial charge in [0.2, 0.25) is 0 Å². The molecule has 1 saturated heterocycles. The third kappa shape index (κ3) is 5.43. The van der Waals surface area contributed by atoms with Gasteiger partial charge in [-0.2, -0.15) is 0 Å². The van der Waals surface area contributed by atoms with E-state index in [1.54, 1.807) is 7.11 Å². The van der Waals surface area contributed by atoms with E-state index >= 15 is 0 Å². The van der Waals surface area contributed by atoms with E-state index < -0.39 is 23.2 Å². The molecule has 1 aliphatic heterocycles. The third-order valence-corrected chi connectivity index (χ3v) is 6.10. The van der Waals surface area contributed by atoms with Crippen molar-refractivity contribution in [3.05, 3.63) is 0 Å². The molecule has 0 amide bonds. The van der Waals surface area contributed by atoms with Crippen molar-refractivity contribution in [2.75, 3.05) is 33.1 Å². The van der Waals surface area contributed by atoms with Crippen molar-refractivity contribution in [2.24, 2.45) is 5.92 Å². The molecule has 1 unspecified atom stereocenters. The van der Waals surface area contributed by atoms with E-state index in [4.69, 9.17) is 19.5 Å². The Bertz CT molecular complexity index is 305. The van der Waals surface area contributed by atoms with Gasteiger partial charge in [0.25, 0.3) is 0 Å². The molecule has 4 atom stereocenters. The van der Waals surface area contributed by atoms with E-state index in [-0.39, 0.29) is 12.0 Å². The molecule has 0 aromatic carbocycles. The van der Waals surface area contributed by atoms with Crippen LogP contribution in [0.4, 0.5) is 0 Å². The lowest BCUT2D eigenvalue weighted by atomic mass is 10.1.